The Morgan fingerprint density at radius 1 is 1.53 bits per heavy atom. The third-order valence-electron chi connectivity index (χ3n) is 2.21. The molecule has 0 unspecified atom stereocenters. The molecule has 0 radical (unpaired) electrons. The largest absolute Gasteiger partial charge is 0.477 e. The van der Waals surface area contributed by atoms with Crippen molar-refractivity contribution in [2.45, 2.75) is 12.8 Å². The summed E-state index contributed by atoms with van der Waals surface area (Å²) in [4.78, 5) is 14.7. The van der Waals surface area contributed by atoms with Gasteiger partial charge in [0.05, 0.1) is 5.69 Å². The van der Waals surface area contributed by atoms with Crippen LogP contribution in [0.25, 0.3) is 0 Å². The first-order valence-corrected chi connectivity index (χ1v) is 5.37. The average molecular weight is 239 g/mol. The molecule has 0 fully saturated rings. The van der Waals surface area contributed by atoms with Gasteiger partial charge in [-0.25, -0.2) is 9.78 Å². The number of carboxylic acid groups (broad SMARTS) is 1. The van der Waals surface area contributed by atoms with Crippen LogP contribution in [0.1, 0.15) is 23.3 Å². The number of rotatable bonds is 7. The Kier molecular flexibility index (Phi) is 5.22. The monoisotopic (exact) mass is 239 g/mol. The molecular formula is C11H17N3O3. The summed E-state index contributed by atoms with van der Waals surface area (Å²) >= 11 is 0. The van der Waals surface area contributed by atoms with Crippen LogP contribution in [0, 0.1) is 0 Å². The van der Waals surface area contributed by atoms with E-state index in [1.54, 1.807) is 7.11 Å². The van der Waals surface area contributed by atoms with Crippen LogP contribution in [0.15, 0.2) is 12.1 Å². The van der Waals surface area contributed by atoms with E-state index in [9.17, 15) is 4.79 Å². The summed E-state index contributed by atoms with van der Waals surface area (Å²) in [6.45, 7) is 1.39. The van der Waals surface area contributed by atoms with Gasteiger partial charge in [0, 0.05) is 20.3 Å². The molecule has 1 aromatic rings. The van der Waals surface area contributed by atoms with Gasteiger partial charge >= 0.3 is 5.97 Å². The number of carbonyl (C=O) groups is 1. The van der Waals surface area contributed by atoms with Crippen LogP contribution in [-0.2, 0) is 4.74 Å². The van der Waals surface area contributed by atoms with Crippen LogP contribution in [0.5, 0.6) is 0 Å². The number of nitrogen functional groups attached to an aromatic ring is 1. The zero-order chi connectivity index (χ0) is 12.7. The minimum absolute atomic E-state index is 0.0152. The van der Waals surface area contributed by atoms with Crippen LogP contribution < -0.4 is 11.1 Å². The molecule has 0 atom stereocenters. The van der Waals surface area contributed by atoms with E-state index in [-0.39, 0.29) is 5.69 Å². The maximum absolute atomic E-state index is 10.7. The van der Waals surface area contributed by atoms with Gasteiger partial charge in [0.15, 0.2) is 5.69 Å². The quantitative estimate of drug-likeness (QED) is 0.618. The third-order valence-corrected chi connectivity index (χ3v) is 2.21. The van der Waals surface area contributed by atoms with E-state index in [1.165, 1.54) is 12.1 Å². The maximum atomic E-state index is 10.7. The first kappa shape index (κ1) is 13.2. The number of hydrogen-bond acceptors (Lipinski definition) is 5. The molecule has 0 saturated heterocycles. The van der Waals surface area contributed by atoms with E-state index in [0.29, 0.717) is 24.7 Å². The van der Waals surface area contributed by atoms with Crippen molar-refractivity contribution in [3.8, 4) is 0 Å². The number of unbranched alkanes of at least 4 members (excludes halogenated alkanes) is 1. The van der Waals surface area contributed by atoms with E-state index < -0.39 is 5.97 Å². The second-order valence-corrected chi connectivity index (χ2v) is 3.57. The Labute approximate surface area is 99.8 Å². The van der Waals surface area contributed by atoms with Gasteiger partial charge in [-0.2, -0.15) is 0 Å². The smallest absolute Gasteiger partial charge is 0.354 e. The summed E-state index contributed by atoms with van der Waals surface area (Å²) in [7, 11) is 1.66. The molecular weight excluding hydrogens is 222 g/mol. The van der Waals surface area contributed by atoms with Crippen molar-refractivity contribution in [1.82, 2.24) is 4.98 Å². The summed E-state index contributed by atoms with van der Waals surface area (Å²) in [5, 5.41) is 11.8. The molecule has 94 valence electrons. The van der Waals surface area contributed by atoms with Crippen LogP contribution in [0.3, 0.4) is 0 Å². The van der Waals surface area contributed by atoms with Crippen LogP contribution in [0.4, 0.5) is 11.5 Å². The van der Waals surface area contributed by atoms with Gasteiger partial charge in [-0.05, 0) is 25.0 Å². The molecule has 0 amide bonds. The highest BCUT2D eigenvalue weighted by molar-refractivity contribution is 5.86. The summed E-state index contributed by atoms with van der Waals surface area (Å²) < 4.78 is 4.92. The topological polar surface area (TPSA) is 97.5 Å². The predicted molar refractivity (Wildman–Crippen MR) is 65.2 cm³/mol. The van der Waals surface area contributed by atoms with Crippen LogP contribution in [-0.4, -0.2) is 36.3 Å². The van der Waals surface area contributed by atoms with Gasteiger partial charge in [0.2, 0.25) is 0 Å². The first-order chi connectivity index (χ1) is 8.15. The van der Waals surface area contributed by atoms with E-state index >= 15 is 0 Å². The van der Waals surface area contributed by atoms with Gasteiger partial charge in [-0.1, -0.05) is 0 Å². The molecule has 6 heteroatoms. The first-order valence-electron chi connectivity index (χ1n) is 5.37. The fourth-order valence-electron chi connectivity index (χ4n) is 1.31. The highest BCUT2D eigenvalue weighted by Gasteiger charge is 2.07. The normalized spacial score (nSPS) is 10.2. The van der Waals surface area contributed by atoms with Crippen LogP contribution in [0.2, 0.25) is 0 Å². The Morgan fingerprint density at radius 3 is 2.94 bits per heavy atom. The van der Waals surface area contributed by atoms with Crippen molar-refractivity contribution < 1.29 is 14.6 Å². The molecule has 1 aromatic heterocycles. The number of nitrogens with one attached hydrogen (secondary N) is 1. The molecule has 0 aliphatic heterocycles. The lowest BCUT2D eigenvalue weighted by Gasteiger charge is -2.08. The Bertz CT molecular complexity index is 382. The van der Waals surface area contributed by atoms with E-state index in [1.807, 2.05) is 0 Å². The highest BCUT2D eigenvalue weighted by atomic mass is 16.5. The Morgan fingerprint density at radius 2 is 2.29 bits per heavy atom. The highest BCUT2D eigenvalue weighted by Crippen LogP contribution is 2.15. The number of hydrogen-bond donors (Lipinski definition) is 3. The summed E-state index contributed by atoms with van der Waals surface area (Å²) in [6.07, 6.45) is 1.84. The Hall–Kier alpha value is -1.82. The van der Waals surface area contributed by atoms with Crippen molar-refractivity contribution in [1.29, 1.82) is 0 Å². The second kappa shape index (κ2) is 6.70. The predicted octanol–water partition coefficient (Wildman–Crippen LogP) is 1.20. The number of ether oxygens (including phenoxy) is 1. The molecule has 4 N–H and O–H groups in total. The lowest BCUT2D eigenvalue weighted by atomic mass is 10.3. The molecule has 0 bridgehead atoms. The Balaban J connectivity index is 2.51. The number of carboxylic acids is 1. The summed E-state index contributed by atoms with van der Waals surface area (Å²) in [5.74, 6) is -0.644. The number of nitrogens with two attached hydrogens (primary N) is 1. The number of aromatic carboxylic acids is 1. The molecule has 0 aliphatic carbocycles. The van der Waals surface area contributed by atoms with Crippen molar-refractivity contribution in [3.05, 3.63) is 17.8 Å². The minimum Gasteiger partial charge on any atom is -0.477 e. The van der Waals surface area contributed by atoms with Crippen molar-refractivity contribution >= 4 is 17.5 Å². The van der Waals surface area contributed by atoms with Crippen molar-refractivity contribution in [2.75, 3.05) is 31.3 Å². The molecule has 0 aliphatic rings. The summed E-state index contributed by atoms with van der Waals surface area (Å²) in [6, 6.07) is 2.92. The fourth-order valence-corrected chi connectivity index (χ4v) is 1.31. The average Bonchev–Trinajstić information content (AvgIpc) is 2.30. The third kappa shape index (κ3) is 4.28. The number of anilines is 2. The molecule has 0 spiro atoms. The lowest BCUT2D eigenvalue weighted by Crippen LogP contribution is -2.10. The van der Waals surface area contributed by atoms with Crippen molar-refractivity contribution in [3.63, 3.8) is 0 Å². The number of methoxy groups -OCH3 is 1. The second-order valence-electron chi connectivity index (χ2n) is 3.57. The maximum Gasteiger partial charge on any atom is 0.354 e. The molecule has 1 rings (SSSR count). The molecule has 1 heterocycles. The number of pyridine rings is 1. The fraction of sp³-hybridized carbons (Fsp3) is 0.455. The van der Waals surface area contributed by atoms with E-state index in [4.69, 9.17) is 15.6 Å². The number of aromatic nitrogens is 1. The standard InChI is InChI=1S/C11H17N3O3/c1-17-7-3-2-6-13-10-8(12)4-5-9(14-10)11(15)16/h4-5H,2-3,6-7,12H2,1H3,(H,13,14)(H,15,16). The number of nitrogens with zero attached hydrogens (tertiary/aromatic N) is 1. The van der Waals surface area contributed by atoms with Gasteiger partial charge in [-0.15, -0.1) is 0 Å². The molecule has 0 aromatic carbocycles. The molecule has 6 nitrogen and oxygen atoms in total. The van der Waals surface area contributed by atoms with E-state index in [2.05, 4.69) is 10.3 Å². The lowest BCUT2D eigenvalue weighted by molar-refractivity contribution is 0.0690. The van der Waals surface area contributed by atoms with Crippen LogP contribution >= 0.6 is 0 Å². The van der Waals surface area contributed by atoms with Gasteiger partial charge in [0.1, 0.15) is 5.82 Å². The SMILES string of the molecule is COCCCCNc1nc(C(=O)O)ccc1N. The minimum atomic E-state index is -1.06. The van der Waals surface area contributed by atoms with Gasteiger partial charge < -0.3 is 20.9 Å². The summed E-state index contributed by atoms with van der Waals surface area (Å²) in [5.41, 5.74) is 6.12. The molecule has 17 heavy (non-hydrogen) atoms. The van der Waals surface area contributed by atoms with E-state index in [0.717, 1.165) is 12.8 Å². The van der Waals surface area contributed by atoms with Gasteiger partial charge in [-0.3, -0.25) is 0 Å². The van der Waals surface area contributed by atoms with Crippen molar-refractivity contribution in [2.24, 2.45) is 0 Å². The zero-order valence-corrected chi connectivity index (χ0v) is 9.77. The van der Waals surface area contributed by atoms with Gasteiger partial charge in [0.25, 0.3) is 0 Å². The molecule has 0 saturated carbocycles. The zero-order valence-electron chi connectivity index (χ0n) is 9.77.